The number of piperazine rings is 1. The van der Waals surface area contributed by atoms with Gasteiger partial charge in [0.15, 0.2) is 0 Å². The molecule has 1 aliphatic heterocycles. The molecule has 1 saturated carbocycles. The molecule has 17 heavy (non-hydrogen) atoms. The molecule has 2 heteroatoms. The van der Waals surface area contributed by atoms with Crippen LogP contribution in [0.25, 0.3) is 0 Å². The van der Waals surface area contributed by atoms with Crippen molar-refractivity contribution in [3.05, 3.63) is 0 Å². The zero-order valence-corrected chi connectivity index (χ0v) is 12.1. The Bertz CT molecular complexity index is 245. The standard InChI is InChI=1S/C15H30N2/c1-5-12(2)14-10-16-15(3,4)11-17(14)9-8-13-6-7-13/h12-14,16H,5-11H2,1-4H3. The van der Waals surface area contributed by atoms with E-state index in [9.17, 15) is 0 Å². The predicted octanol–water partition coefficient (Wildman–Crippen LogP) is 2.89. The summed E-state index contributed by atoms with van der Waals surface area (Å²) >= 11 is 0. The topological polar surface area (TPSA) is 15.3 Å². The van der Waals surface area contributed by atoms with E-state index in [2.05, 4.69) is 37.9 Å². The first-order valence-electron chi connectivity index (χ1n) is 7.51. The highest BCUT2D eigenvalue weighted by Gasteiger charge is 2.35. The minimum atomic E-state index is 0.299. The molecule has 1 heterocycles. The van der Waals surface area contributed by atoms with Gasteiger partial charge in [-0.1, -0.05) is 33.1 Å². The summed E-state index contributed by atoms with van der Waals surface area (Å²) in [5.41, 5.74) is 0.299. The third kappa shape index (κ3) is 3.69. The van der Waals surface area contributed by atoms with Crippen LogP contribution in [-0.4, -0.2) is 36.1 Å². The molecule has 100 valence electrons. The van der Waals surface area contributed by atoms with Crippen LogP contribution in [0, 0.1) is 11.8 Å². The second-order valence-corrected chi connectivity index (χ2v) is 6.92. The lowest BCUT2D eigenvalue weighted by Crippen LogP contribution is -2.63. The molecule has 2 unspecified atom stereocenters. The molecule has 0 aromatic heterocycles. The molecule has 0 aromatic rings. The molecule has 2 atom stereocenters. The Morgan fingerprint density at radius 1 is 1.35 bits per heavy atom. The molecular formula is C15H30N2. The lowest BCUT2D eigenvalue weighted by molar-refractivity contribution is 0.0615. The van der Waals surface area contributed by atoms with Gasteiger partial charge in [-0.2, -0.15) is 0 Å². The minimum absolute atomic E-state index is 0.299. The number of nitrogens with one attached hydrogen (secondary N) is 1. The molecule has 2 nitrogen and oxygen atoms in total. The van der Waals surface area contributed by atoms with E-state index >= 15 is 0 Å². The smallest absolute Gasteiger partial charge is 0.0252 e. The van der Waals surface area contributed by atoms with Crippen molar-refractivity contribution in [3.8, 4) is 0 Å². The van der Waals surface area contributed by atoms with Crippen LogP contribution in [0.15, 0.2) is 0 Å². The SMILES string of the molecule is CCC(C)C1CNC(C)(C)CN1CCC1CC1. The van der Waals surface area contributed by atoms with Crippen molar-refractivity contribution in [2.75, 3.05) is 19.6 Å². The molecule has 2 aliphatic rings. The number of hydrogen-bond acceptors (Lipinski definition) is 2. The van der Waals surface area contributed by atoms with Gasteiger partial charge in [0.05, 0.1) is 0 Å². The molecule has 0 amide bonds. The summed E-state index contributed by atoms with van der Waals surface area (Å²) in [4.78, 5) is 2.77. The lowest BCUT2D eigenvalue weighted by Gasteiger charge is -2.47. The van der Waals surface area contributed by atoms with E-state index in [1.54, 1.807) is 0 Å². The van der Waals surface area contributed by atoms with Crippen molar-refractivity contribution in [2.45, 2.75) is 65.0 Å². The van der Waals surface area contributed by atoms with E-state index in [4.69, 9.17) is 0 Å². The molecule has 2 fully saturated rings. The van der Waals surface area contributed by atoms with Crippen LogP contribution in [0.3, 0.4) is 0 Å². The molecule has 1 saturated heterocycles. The van der Waals surface area contributed by atoms with Gasteiger partial charge in [0, 0.05) is 24.7 Å². The lowest BCUT2D eigenvalue weighted by atomic mass is 9.90. The maximum absolute atomic E-state index is 3.72. The van der Waals surface area contributed by atoms with Gasteiger partial charge in [-0.15, -0.1) is 0 Å². The predicted molar refractivity (Wildman–Crippen MR) is 74.2 cm³/mol. The van der Waals surface area contributed by atoms with Crippen molar-refractivity contribution in [1.82, 2.24) is 10.2 Å². The first-order chi connectivity index (χ1) is 8.02. The van der Waals surface area contributed by atoms with E-state index in [-0.39, 0.29) is 0 Å². The average Bonchev–Trinajstić information content (AvgIpc) is 3.08. The van der Waals surface area contributed by atoms with Crippen molar-refractivity contribution in [1.29, 1.82) is 0 Å². The Balaban J connectivity index is 1.92. The first kappa shape index (κ1) is 13.4. The summed E-state index contributed by atoms with van der Waals surface area (Å²) in [6.07, 6.45) is 5.71. The van der Waals surface area contributed by atoms with Gasteiger partial charge < -0.3 is 5.32 Å². The number of hydrogen-bond donors (Lipinski definition) is 1. The van der Waals surface area contributed by atoms with Crippen LogP contribution in [0.2, 0.25) is 0 Å². The van der Waals surface area contributed by atoms with Crippen LogP contribution in [0.5, 0.6) is 0 Å². The van der Waals surface area contributed by atoms with Gasteiger partial charge in [-0.3, -0.25) is 4.90 Å². The number of nitrogens with zero attached hydrogens (tertiary/aromatic N) is 1. The van der Waals surface area contributed by atoms with Gasteiger partial charge in [0.25, 0.3) is 0 Å². The molecular weight excluding hydrogens is 208 g/mol. The van der Waals surface area contributed by atoms with Crippen LogP contribution in [0.1, 0.15) is 53.4 Å². The summed E-state index contributed by atoms with van der Waals surface area (Å²) in [6.45, 7) is 13.1. The molecule has 1 N–H and O–H groups in total. The average molecular weight is 238 g/mol. The van der Waals surface area contributed by atoms with E-state index in [1.165, 1.54) is 45.3 Å². The maximum atomic E-state index is 3.72. The molecule has 2 rings (SSSR count). The summed E-state index contributed by atoms with van der Waals surface area (Å²) in [7, 11) is 0. The Hall–Kier alpha value is -0.0800. The van der Waals surface area contributed by atoms with Crippen molar-refractivity contribution < 1.29 is 0 Å². The molecule has 0 bridgehead atoms. The van der Waals surface area contributed by atoms with Crippen LogP contribution in [0.4, 0.5) is 0 Å². The van der Waals surface area contributed by atoms with E-state index in [0.717, 1.165) is 17.9 Å². The fraction of sp³-hybridized carbons (Fsp3) is 1.00. The number of rotatable bonds is 5. The quantitative estimate of drug-likeness (QED) is 0.792. The summed E-state index contributed by atoms with van der Waals surface area (Å²) < 4.78 is 0. The van der Waals surface area contributed by atoms with Crippen molar-refractivity contribution >= 4 is 0 Å². The Kier molecular flexibility index (Phi) is 4.14. The fourth-order valence-electron chi connectivity index (χ4n) is 3.02. The van der Waals surface area contributed by atoms with Crippen LogP contribution >= 0.6 is 0 Å². The normalized spacial score (nSPS) is 31.4. The summed E-state index contributed by atoms with van der Waals surface area (Å²) in [5, 5.41) is 3.72. The molecule has 0 aromatic carbocycles. The fourth-order valence-corrected chi connectivity index (χ4v) is 3.02. The van der Waals surface area contributed by atoms with Crippen LogP contribution < -0.4 is 5.32 Å². The first-order valence-corrected chi connectivity index (χ1v) is 7.51. The molecule has 1 aliphatic carbocycles. The third-order valence-electron chi connectivity index (χ3n) is 4.68. The van der Waals surface area contributed by atoms with E-state index < -0.39 is 0 Å². The molecule has 0 radical (unpaired) electrons. The van der Waals surface area contributed by atoms with Crippen LogP contribution in [-0.2, 0) is 0 Å². The van der Waals surface area contributed by atoms with Gasteiger partial charge in [-0.25, -0.2) is 0 Å². The zero-order valence-electron chi connectivity index (χ0n) is 12.1. The van der Waals surface area contributed by atoms with Gasteiger partial charge in [0.1, 0.15) is 0 Å². The Morgan fingerprint density at radius 3 is 2.65 bits per heavy atom. The summed E-state index contributed by atoms with van der Waals surface area (Å²) in [6, 6.07) is 0.756. The monoisotopic (exact) mass is 238 g/mol. The third-order valence-corrected chi connectivity index (χ3v) is 4.68. The highest BCUT2D eigenvalue weighted by Crippen LogP contribution is 2.33. The largest absolute Gasteiger partial charge is 0.309 e. The highest BCUT2D eigenvalue weighted by atomic mass is 15.2. The minimum Gasteiger partial charge on any atom is -0.309 e. The highest BCUT2D eigenvalue weighted by molar-refractivity contribution is 4.94. The van der Waals surface area contributed by atoms with Crippen molar-refractivity contribution in [2.24, 2.45) is 11.8 Å². The second kappa shape index (κ2) is 5.27. The van der Waals surface area contributed by atoms with Gasteiger partial charge in [-0.05, 0) is 38.6 Å². The summed E-state index contributed by atoms with van der Waals surface area (Å²) in [5.74, 6) is 1.88. The zero-order chi connectivity index (χ0) is 12.5. The Morgan fingerprint density at radius 2 is 2.06 bits per heavy atom. The van der Waals surface area contributed by atoms with Gasteiger partial charge in [0.2, 0.25) is 0 Å². The van der Waals surface area contributed by atoms with Crippen molar-refractivity contribution in [3.63, 3.8) is 0 Å². The van der Waals surface area contributed by atoms with Gasteiger partial charge >= 0.3 is 0 Å². The Labute approximate surface area is 107 Å². The van der Waals surface area contributed by atoms with E-state index in [0.29, 0.717) is 5.54 Å². The second-order valence-electron chi connectivity index (χ2n) is 6.92. The molecule has 0 spiro atoms. The maximum Gasteiger partial charge on any atom is 0.0252 e. The van der Waals surface area contributed by atoms with E-state index in [1.807, 2.05) is 0 Å².